The summed E-state index contributed by atoms with van der Waals surface area (Å²) in [7, 11) is 0. The summed E-state index contributed by atoms with van der Waals surface area (Å²) >= 11 is 0. The zero-order valence-electron chi connectivity index (χ0n) is 9.18. The number of phenolic OH excluding ortho intramolecular Hbond substituents is 1. The van der Waals surface area contributed by atoms with Crippen LogP contribution in [0.15, 0.2) is 36.4 Å². The summed E-state index contributed by atoms with van der Waals surface area (Å²) in [5.74, 6) is 0.0262. The first-order valence-corrected chi connectivity index (χ1v) is 5.05. The third kappa shape index (κ3) is 1.97. The molecule has 4 nitrogen and oxygen atoms in total. The zero-order valence-corrected chi connectivity index (χ0v) is 9.18. The lowest BCUT2D eigenvalue weighted by Crippen LogP contribution is -1.94. The summed E-state index contributed by atoms with van der Waals surface area (Å²) in [6.07, 6.45) is 0. The van der Waals surface area contributed by atoms with Crippen molar-refractivity contribution in [3.63, 3.8) is 0 Å². The largest absolute Gasteiger partial charge is 0.507 e. The van der Waals surface area contributed by atoms with E-state index in [1.807, 2.05) is 0 Å². The van der Waals surface area contributed by atoms with Crippen molar-refractivity contribution < 1.29 is 10.0 Å². The number of hydrogen-bond acceptors (Lipinski definition) is 3. The molecule has 0 unspecified atom stereocenters. The van der Waals surface area contributed by atoms with Gasteiger partial charge in [-0.3, -0.25) is 10.1 Å². The van der Waals surface area contributed by atoms with Crippen LogP contribution in [-0.2, 0) is 0 Å². The molecule has 0 aliphatic carbocycles. The van der Waals surface area contributed by atoms with Gasteiger partial charge in [-0.2, -0.15) is 0 Å². The van der Waals surface area contributed by atoms with Crippen molar-refractivity contribution in [3.8, 4) is 16.9 Å². The second-order valence-electron chi connectivity index (χ2n) is 3.64. The highest BCUT2D eigenvalue weighted by Crippen LogP contribution is 2.37. The Morgan fingerprint density at radius 3 is 2.65 bits per heavy atom. The third-order valence-corrected chi connectivity index (χ3v) is 2.54. The van der Waals surface area contributed by atoms with Crippen LogP contribution in [0.5, 0.6) is 5.75 Å². The quantitative estimate of drug-likeness (QED) is 0.634. The summed E-state index contributed by atoms with van der Waals surface area (Å²) in [6, 6.07) is 12.4. The van der Waals surface area contributed by atoms with Gasteiger partial charge in [0.25, 0.3) is 5.69 Å². The second-order valence-corrected chi connectivity index (χ2v) is 3.64. The van der Waals surface area contributed by atoms with Gasteiger partial charge >= 0.3 is 0 Å². The van der Waals surface area contributed by atoms with Crippen LogP contribution in [0.25, 0.3) is 11.1 Å². The zero-order chi connectivity index (χ0) is 12.4. The van der Waals surface area contributed by atoms with Gasteiger partial charge in [-0.1, -0.05) is 18.2 Å². The Bertz CT molecular complexity index is 579. The van der Waals surface area contributed by atoms with Crippen LogP contribution in [-0.4, -0.2) is 10.0 Å². The molecule has 0 saturated carbocycles. The number of benzene rings is 2. The lowest BCUT2D eigenvalue weighted by Gasteiger charge is -2.08. The van der Waals surface area contributed by atoms with E-state index in [4.69, 9.17) is 0 Å². The number of aromatic hydroxyl groups is 1. The van der Waals surface area contributed by atoms with Gasteiger partial charge in [0.1, 0.15) is 5.75 Å². The van der Waals surface area contributed by atoms with Crippen LogP contribution in [0.1, 0.15) is 5.56 Å². The average molecular weight is 228 g/mol. The molecule has 85 valence electrons. The van der Waals surface area contributed by atoms with E-state index in [0.717, 1.165) is 0 Å². The Balaban J connectivity index is 2.75. The fourth-order valence-electron chi connectivity index (χ4n) is 1.77. The molecule has 0 spiro atoms. The Morgan fingerprint density at radius 1 is 1.29 bits per heavy atom. The minimum atomic E-state index is -0.456. The first-order valence-electron chi connectivity index (χ1n) is 5.05. The Kier molecular flexibility index (Phi) is 2.78. The molecule has 2 aromatic rings. The SMILES string of the molecule is Cc1[c]ccc([N+](=O)[O-])c1-c1ccccc1O. The highest BCUT2D eigenvalue weighted by atomic mass is 16.6. The topological polar surface area (TPSA) is 63.4 Å². The normalized spacial score (nSPS) is 10.2. The fourth-order valence-corrected chi connectivity index (χ4v) is 1.77. The Hall–Kier alpha value is -2.36. The minimum Gasteiger partial charge on any atom is -0.507 e. The van der Waals surface area contributed by atoms with E-state index in [0.29, 0.717) is 16.7 Å². The highest BCUT2D eigenvalue weighted by Gasteiger charge is 2.19. The van der Waals surface area contributed by atoms with E-state index in [1.54, 1.807) is 25.1 Å². The van der Waals surface area contributed by atoms with E-state index < -0.39 is 4.92 Å². The number of phenols is 1. The van der Waals surface area contributed by atoms with E-state index >= 15 is 0 Å². The Morgan fingerprint density at radius 2 is 2.00 bits per heavy atom. The summed E-state index contributed by atoms with van der Waals surface area (Å²) in [5.41, 5.74) is 1.48. The molecule has 0 aliphatic rings. The number of rotatable bonds is 2. The van der Waals surface area contributed by atoms with Crippen molar-refractivity contribution in [2.45, 2.75) is 6.92 Å². The second kappa shape index (κ2) is 4.25. The lowest BCUT2D eigenvalue weighted by molar-refractivity contribution is -0.384. The first kappa shape index (κ1) is 11.1. The molecule has 0 saturated heterocycles. The van der Waals surface area contributed by atoms with Gasteiger partial charge < -0.3 is 5.11 Å². The smallest absolute Gasteiger partial charge is 0.277 e. The molecular weight excluding hydrogens is 218 g/mol. The summed E-state index contributed by atoms with van der Waals surface area (Å²) in [6.45, 7) is 1.73. The maximum absolute atomic E-state index is 11.0. The van der Waals surface area contributed by atoms with Crippen molar-refractivity contribution >= 4 is 5.69 Å². The molecule has 0 amide bonds. The molecule has 0 atom stereocenters. The molecule has 2 aromatic carbocycles. The van der Waals surface area contributed by atoms with Crippen molar-refractivity contribution in [1.82, 2.24) is 0 Å². The molecule has 0 aliphatic heterocycles. The molecule has 2 rings (SSSR count). The number of nitrogens with zero attached hydrogens (tertiary/aromatic N) is 1. The van der Waals surface area contributed by atoms with Crippen LogP contribution >= 0.6 is 0 Å². The van der Waals surface area contributed by atoms with Gasteiger partial charge in [-0.05, 0) is 30.7 Å². The standard InChI is InChI=1S/C13H10NO3/c1-9-5-4-7-11(14(16)17)13(9)10-6-2-3-8-12(10)15/h2-4,6-8,15H,1H3. The van der Waals surface area contributed by atoms with E-state index in [1.165, 1.54) is 18.2 Å². The van der Waals surface area contributed by atoms with Gasteiger partial charge in [-0.15, -0.1) is 0 Å². The maximum Gasteiger partial charge on any atom is 0.277 e. The van der Waals surface area contributed by atoms with Gasteiger partial charge in [0, 0.05) is 11.6 Å². The number of para-hydroxylation sites is 1. The van der Waals surface area contributed by atoms with Crippen LogP contribution in [0.3, 0.4) is 0 Å². The van der Waals surface area contributed by atoms with Crippen LogP contribution < -0.4 is 0 Å². The molecule has 0 aromatic heterocycles. The predicted molar refractivity (Wildman–Crippen MR) is 63.8 cm³/mol. The van der Waals surface area contributed by atoms with Crippen LogP contribution in [0.4, 0.5) is 5.69 Å². The van der Waals surface area contributed by atoms with E-state index in [9.17, 15) is 15.2 Å². The number of aryl methyl sites for hydroxylation is 1. The molecule has 0 fully saturated rings. The molecule has 4 heteroatoms. The van der Waals surface area contributed by atoms with Crippen LogP contribution in [0, 0.1) is 23.1 Å². The number of nitro benzene ring substituents is 1. The Labute approximate surface area is 98.3 Å². The van der Waals surface area contributed by atoms with Crippen molar-refractivity contribution in [1.29, 1.82) is 0 Å². The fraction of sp³-hybridized carbons (Fsp3) is 0.0769. The molecular formula is C13H10NO3. The van der Waals surface area contributed by atoms with E-state index in [-0.39, 0.29) is 11.4 Å². The average Bonchev–Trinajstić information content (AvgIpc) is 2.30. The molecule has 17 heavy (non-hydrogen) atoms. The predicted octanol–water partition coefficient (Wildman–Crippen LogP) is 3.08. The minimum absolute atomic E-state index is 0.0252. The van der Waals surface area contributed by atoms with Crippen molar-refractivity contribution in [2.75, 3.05) is 0 Å². The van der Waals surface area contributed by atoms with Gasteiger partial charge in [-0.25, -0.2) is 0 Å². The molecule has 1 N–H and O–H groups in total. The van der Waals surface area contributed by atoms with Gasteiger partial charge in [0.15, 0.2) is 0 Å². The highest BCUT2D eigenvalue weighted by molar-refractivity contribution is 5.80. The molecule has 1 radical (unpaired) electrons. The van der Waals surface area contributed by atoms with Crippen molar-refractivity contribution in [3.05, 3.63) is 58.1 Å². The van der Waals surface area contributed by atoms with E-state index in [2.05, 4.69) is 6.07 Å². The van der Waals surface area contributed by atoms with Gasteiger partial charge in [0.2, 0.25) is 0 Å². The maximum atomic E-state index is 11.0. The summed E-state index contributed by atoms with van der Waals surface area (Å²) < 4.78 is 0. The number of hydrogen-bond donors (Lipinski definition) is 1. The molecule has 0 bridgehead atoms. The van der Waals surface area contributed by atoms with Crippen LogP contribution in [0.2, 0.25) is 0 Å². The lowest BCUT2D eigenvalue weighted by atomic mass is 9.98. The first-order chi connectivity index (χ1) is 8.11. The number of nitro groups is 1. The van der Waals surface area contributed by atoms with Crippen molar-refractivity contribution in [2.24, 2.45) is 0 Å². The molecule has 0 heterocycles. The monoisotopic (exact) mass is 228 g/mol. The summed E-state index contributed by atoms with van der Waals surface area (Å²) in [4.78, 5) is 10.5. The third-order valence-electron chi connectivity index (χ3n) is 2.54. The summed E-state index contributed by atoms with van der Waals surface area (Å²) in [5, 5.41) is 20.7. The van der Waals surface area contributed by atoms with Gasteiger partial charge in [0.05, 0.1) is 10.5 Å².